The Kier molecular flexibility index (Phi) is 4.61. The predicted octanol–water partition coefficient (Wildman–Crippen LogP) is 2.02. The van der Waals surface area contributed by atoms with Crippen LogP contribution in [0.15, 0.2) is 30.3 Å². The van der Waals surface area contributed by atoms with Crippen LogP contribution in [0.1, 0.15) is 29.8 Å². The molecule has 1 atom stereocenters. The summed E-state index contributed by atoms with van der Waals surface area (Å²) in [7, 11) is -1.18. The standard InChI is InChI=1S/C17H21N3O2S/c1-12-9-13(2)20(19-12)16-7-3-14(4-8-16)10-23(22)11-17(21)18-15-5-6-15/h3-4,7-9,15H,5-6,10-11H2,1-2H3,(H,18,21)/t23-/m1/s1. The van der Waals surface area contributed by atoms with Crippen LogP contribution in [-0.2, 0) is 21.3 Å². The number of hydrogen-bond acceptors (Lipinski definition) is 3. The van der Waals surface area contributed by atoms with Crippen LogP contribution in [0.3, 0.4) is 0 Å². The average molecular weight is 331 g/mol. The van der Waals surface area contributed by atoms with E-state index in [0.717, 1.165) is 35.5 Å². The summed E-state index contributed by atoms with van der Waals surface area (Å²) in [6.07, 6.45) is 2.10. The lowest BCUT2D eigenvalue weighted by Gasteiger charge is -2.07. The minimum atomic E-state index is -1.18. The number of aromatic nitrogens is 2. The van der Waals surface area contributed by atoms with Gasteiger partial charge < -0.3 is 5.32 Å². The van der Waals surface area contributed by atoms with Gasteiger partial charge in [0.1, 0.15) is 5.75 Å². The van der Waals surface area contributed by atoms with Crippen molar-refractivity contribution in [2.45, 2.75) is 38.5 Å². The molecular formula is C17H21N3O2S. The van der Waals surface area contributed by atoms with Gasteiger partial charge in [0.15, 0.2) is 0 Å². The molecule has 3 rings (SSSR count). The first-order valence-electron chi connectivity index (χ1n) is 7.78. The second kappa shape index (κ2) is 6.66. The lowest BCUT2D eigenvalue weighted by atomic mass is 10.2. The zero-order valence-corrected chi connectivity index (χ0v) is 14.2. The molecule has 1 aromatic heterocycles. The first-order valence-corrected chi connectivity index (χ1v) is 9.27. The number of aryl methyl sites for hydroxylation is 2. The molecule has 0 saturated heterocycles. The predicted molar refractivity (Wildman–Crippen MR) is 90.9 cm³/mol. The van der Waals surface area contributed by atoms with Crippen molar-refractivity contribution in [2.24, 2.45) is 0 Å². The third-order valence-corrected chi connectivity index (χ3v) is 4.99. The zero-order chi connectivity index (χ0) is 16.4. The highest BCUT2D eigenvalue weighted by atomic mass is 32.2. The molecular weight excluding hydrogens is 310 g/mol. The van der Waals surface area contributed by atoms with E-state index in [9.17, 15) is 9.00 Å². The lowest BCUT2D eigenvalue weighted by molar-refractivity contribution is -0.118. The molecule has 23 heavy (non-hydrogen) atoms. The molecule has 1 aliphatic rings. The molecule has 0 unspecified atom stereocenters. The fraction of sp³-hybridized carbons (Fsp3) is 0.412. The van der Waals surface area contributed by atoms with Crippen molar-refractivity contribution in [2.75, 3.05) is 5.75 Å². The van der Waals surface area contributed by atoms with Gasteiger partial charge in [-0.3, -0.25) is 9.00 Å². The SMILES string of the molecule is Cc1cc(C)n(-c2ccc(C[S@@](=O)CC(=O)NC3CC3)cc2)n1. The van der Waals surface area contributed by atoms with E-state index in [1.165, 1.54) is 0 Å². The van der Waals surface area contributed by atoms with Crippen molar-refractivity contribution in [3.63, 3.8) is 0 Å². The van der Waals surface area contributed by atoms with Crippen molar-refractivity contribution >= 4 is 16.7 Å². The van der Waals surface area contributed by atoms with Crippen LogP contribution < -0.4 is 5.32 Å². The van der Waals surface area contributed by atoms with E-state index in [1.54, 1.807) is 0 Å². The van der Waals surface area contributed by atoms with E-state index in [2.05, 4.69) is 10.4 Å². The van der Waals surface area contributed by atoms with Crippen LogP contribution in [0.4, 0.5) is 0 Å². The summed E-state index contributed by atoms with van der Waals surface area (Å²) in [6.45, 7) is 3.98. The summed E-state index contributed by atoms with van der Waals surface area (Å²) in [6, 6.07) is 10.2. The highest BCUT2D eigenvalue weighted by Crippen LogP contribution is 2.18. The third-order valence-electron chi connectivity index (χ3n) is 3.75. The molecule has 0 radical (unpaired) electrons. The normalized spacial score (nSPS) is 15.4. The van der Waals surface area contributed by atoms with Crippen LogP contribution in [0.5, 0.6) is 0 Å². The Hall–Kier alpha value is -1.95. The second-order valence-electron chi connectivity index (χ2n) is 6.08. The third kappa shape index (κ3) is 4.28. The molecule has 0 bridgehead atoms. The summed E-state index contributed by atoms with van der Waals surface area (Å²) < 4.78 is 14.0. The molecule has 1 aromatic carbocycles. The quantitative estimate of drug-likeness (QED) is 0.881. The number of rotatable bonds is 6. The van der Waals surface area contributed by atoms with Gasteiger partial charge in [0.2, 0.25) is 5.91 Å². The van der Waals surface area contributed by atoms with E-state index in [0.29, 0.717) is 11.8 Å². The average Bonchev–Trinajstić information content (AvgIpc) is 3.22. The molecule has 0 aliphatic heterocycles. The van der Waals surface area contributed by atoms with E-state index in [1.807, 2.05) is 48.9 Å². The number of carbonyl (C=O) groups excluding carboxylic acids is 1. The van der Waals surface area contributed by atoms with Crippen LogP contribution >= 0.6 is 0 Å². The summed E-state index contributed by atoms with van der Waals surface area (Å²) in [5.41, 5.74) is 4.01. The van der Waals surface area contributed by atoms with Crippen LogP contribution in [-0.4, -0.2) is 31.7 Å². The zero-order valence-electron chi connectivity index (χ0n) is 13.4. The van der Waals surface area contributed by atoms with Crippen LogP contribution in [0.25, 0.3) is 5.69 Å². The van der Waals surface area contributed by atoms with Gasteiger partial charge in [-0.05, 0) is 50.5 Å². The van der Waals surface area contributed by atoms with Gasteiger partial charge in [0.05, 0.1) is 11.4 Å². The number of amides is 1. The molecule has 1 heterocycles. The summed E-state index contributed by atoms with van der Waals surface area (Å²) in [5.74, 6) is 0.371. The Balaban J connectivity index is 1.59. The van der Waals surface area contributed by atoms with Crippen molar-refractivity contribution < 1.29 is 9.00 Å². The summed E-state index contributed by atoms with van der Waals surface area (Å²) in [5, 5.41) is 7.31. The Labute approximate surface area is 138 Å². The van der Waals surface area contributed by atoms with Gasteiger partial charge in [0, 0.05) is 28.3 Å². The van der Waals surface area contributed by atoms with Crippen molar-refractivity contribution in [1.29, 1.82) is 0 Å². The summed E-state index contributed by atoms with van der Waals surface area (Å²) >= 11 is 0. The van der Waals surface area contributed by atoms with Gasteiger partial charge in [-0.2, -0.15) is 5.10 Å². The molecule has 2 aromatic rings. The Morgan fingerprint density at radius 2 is 2.00 bits per heavy atom. The van der Waals surface area contributed by atoms with Crippen LogP contribution in [0.2, 0.25) is 0 Å². The maximum atomic E-state index is 12.1. The van der Waals surface area contributed by atoms with E-state index in [-0.39, 0.29) is 11.7 Å². The number of nitrogens with zero attached hydrogens (tertiary/aromatic N) is 2. The summed E-state index contributed by atoms with van der Waals surface area (Å²) in [4.78, 5) is 11.7. The molecule has 1 fully saturated rings. The van der Waals surface area contributed by atoms with Crippen molar-refractivity contribution in [3.05, 3.63) is 47.3 Å². The van der Waals surface area contributed by atoms with Crippen molar-refractivity contribution in [1.82, 2.24) is 15.1 Å². The minimum Gasteiger partial charge on any atom is -0.353 e. The molecule has 1 N–H and O–H groups in total. The van der Waals surface area contributed by atoms with Crippen molar-refractivity contribution in [3.8, 4) is 5.69 Å². The van der Waals surface area contributed by atoms with Gasteiger partial charge >= 0.3 is 0 Å². The van der Waals surface area contributed by atoms with Gasteiger partial charge in [-0.1, -0.05) is 12.1 Å². The highest BCUT2D eigenvalue weighted by molar-refractivity contribution is 7.84. The maximum absolute atomic E-state index is 12.1. The monoisotopic (exact) mass is 331 g/mol. The van der Waals surface area contributed by atoms with E-state index >= 15 is 0 Å². The van der Waals surface area contributed by atoms with Gasteiger partial charge in [0.25, 0.3) is 0 Å². The Morgan fingerprint density at radius 1 is 1.30 bits per heavy atom. The second-order valence-corrected chi connectivity index (χ2v) is 7.53. The Morgan fingerprint density at radius 3 is 2.57 bits per heavy atom. The molecule has 1 saturated carbocycles. The number of hydrogen-bond donors (Lipinski definition) is 1. The molecule has 5 nitrogen and oxygen atoms in total. The first-order chi connectivity index (χ1) is 11.0. The van der Waals surface area contributed by atoms with E-state index < -0.39 is 10.8 Å². The minimum absolute atomic E-state index is 0.0791. The molecule has 6 heteroatoms. The fourth-order valence-corrected chi connectivity index (χ4v) is 3.55. The molecule has 0 spiro atoms. The number of benzene rings is 1. The first kappa shape index (κ1) is 15.9. The van der Waals surface area contributed by atoms with Gasteiger partial charge in [-0.15, -0.1) is 0 Å². The highest BCUT2D eigenvalue weighted by Gasteiger charge is 2.23. The fourth-order valence-electron chi connectivity index (χ4n) is 2.50. The smallest absolute Gasteiger partial charge is 0.232 e. The molecule has 122 valence electrons. The number of carbonyl (C=O) groups is 1. The van der Waals surface area contributed by atoms with Gasteiger partial charge in [-0.25, -0.2) is 4.68 Å². The van der Waals surface area contributed by atoms with Crippen LogP contribution in [0, 0.1) is 13.8 Å². The topological polar surface area (TPSA) is 64.0 Å². The lowest BCUT2D eigenvalue weighted by Crippen LogP contribution is -2.30. The largest absolute Gasteiger partial charge is 0.353 e. The van der Waals surface area contributed by atoms with E-state index in [4.69, 9.17) is 0 Å². The molecule has 1 aliphatic carbocycles. The number of nitrogens with one attached hydrogen (secondary N) is 1. The maximum Gasteiger partial charge on any atom is 0.232 e. The Bertz CT molecular complexity index is 733. The molecule has 1 amide bonds.